The Morgan fingerprint density at radius 3 is 3.00 bits per heavy atom. The summed E-state index contributed by atoms with van der Waals surface area (Å²) in [5.74, 6) is -0.151. The second-order valence-corrected chi connectivity index (χ2v) is 4.04. The fourth-order valence-corrected chi connectivity index (χ4v) is 2.12. The largest absolute Gasteiger partial charge is 0.478 e. The van der Waals surface area contributed by atoms with Crippen molar-refractivity contribution in [3.8, 4) is 0 Å². The minimum absolute atomic E-state index is 0.310. The van der Waals surface area contributed by atoms with Gasteiger partial charge in [0.15, 0.2) is 0 Å². The van der Waals surface area contributed by atoms with E-state index in [1.807, 2.05) is 6.26 Å². The van der Waals surface area contributed by atoms with Crippen LogP contribution in [0.3, 0.4) is 0 Å². The predicted molar refractivity (Wildman–Crippen MR) is 60.4 cm³/mol. The van der Waals surface area contributed by atoms with Crippen LogP contribution in [0, 0.1) is 0 Å². The summed E-state index contributed by atoms with van der Waals surface area (Å²) in [7, 11) is 0. The molecule has 1 aromatic heterocycles. The number of thioether (sulfide) groups is 1. The van der Waals surface area contributed by atoms with Crippen molar-refractivity contribution < 1.29 is 14.3 Å². The van der Waals surface area contributed by atoms with E-state index < -0.39 is 5.97 Å². The zero-order valence-corrected chi connectivity index (χ0v) is 9.00. The van der Waals surface area contributed by atoms with Gasteiger partial charge in [-0.25, -0.2) is 4.79 Å². The average molecular weight is 222 g/mol. The molecule has 1 N–H and O–H groups in total. The van der Waals surface area contributed by atoms with Gasteiger partial charge in [0.1, 0.15) is 5.58 Å². The van der Waals surface area contributed by atoms with Crippen LogP contribution >= 0.6 is 11.8 Å². The molecular formula is C11H10O3S. The van der Waals surface area contributed by atoms with Crippen molar-refractivity contribution in [2.24, 2.45) is 0 Å². The van der Waals surface area contributed by atoms with Gasteiger partial charge in [-0.05, 0) is 18.4 Å². The number of rotatable bonds is 3. The van der Waals surface area contributed by atoms with Gasteiger partial charge in [0.05, 0.1) is 11.8 Å². The molecule has 78 valence electrons. The van der Waals surface area contributed by atoms with Crippen molar-refractivity contribution in [3.63, 3.8) is 0 Å². The van der Waals surface area contributed by atoms with Crippen molar-refractivity contribution >= 4 is 28.7 Å². The highest BCUT2D eigenvalue weighted by atomic mass is 32.2. The Kier molecular flexibility index (Phi) is 2.68. The molecule has 0 spiro atoms. The van der Waals surface area contributed by atoms with E-state index in [1.54, 1.807) is 36.2 Å². The smallest absolute Gasteiger partial charge is 0.336 e. The van der Waals surface area contributed by atoms with E-state index in [-0.39, 0.29) is 0 Å². The fourth-order valence-electron chi connectivity index (χ4n) is 1.59. The van der Waals surface area contributed by atoms with E-state index >= 15 is 0 Å². The first kappa shape index (κ1) is 10.1. The van der Waals surface area contributed by atoms with Crippen molar-refractivity contribution in [1.82, 2.24) is 0 Å². The van der Waals surface area contributed by atoms with Gasteiger partial charge in [-0.15, -0.1) is 0 Å². The third-order valence-electron chi connectivity index (χ3n) is 2.21. The van der Waals surface area contributed by atoms with Crippen LogP contribution in [0.15, 0.2) is 28.9 Å². The molecule has 0 atom stereocenters. The highest BCUT2D eigenvalue weighted by molar-refractivity contribution is 7.97. The van der Waals surface area contributed by atoms with Crippen LogP contribution in [-0.4, -0.2) is 17.3 Å². The maximum atomic E-state index is 11.0. The molecule has 0 saturated heterocycles. The van der Waals surface area contributed by atoms with Crippen molar-refractivity contribution in [3.05, 3.63) is 35.6 Å². The molecule has 0 amide bonds. The van der Waals surface area contributed by atoms with Crippen LogP contribution in [0.2, 0.25) is 0 Å². The first-order valence-electron chi connectivity index (χ1n) is 4.45. The summed E-state index contributed by atoms with van der Waals surface area (Å²) in [6.07, 6.45) is 3.61. The average Bonchev–Trinajstić information content (AvgIpc) is 2.62. The maximum Gasteiger partial charge on any atom is 0.336 e. The van der Waals surface area contributed by atoms with Crippen molar-refractivity contribution in [2.75, 3.05) is 6.26 Å². The standard InChI is InChI=1S/C11H10O3S/c1-15-6-7-5-14-9-4-2-3-8(10(7)9)11(12)13/h2-5H,6H2,1H3,(H,12,13). The van der Waals surface area contributed by atoms with Crippen LogP contribution in [0.1, 0.15) is 15.9 Å². The first-order valence-corrected chi connectivity index (χ1v) is 5.84. The van der Waals surface area contributed by atoms with Gasteiger partial charge in [0.25, 0.3) is 0 Å². The number of hydrogen-bond donors (Lipinski definition) is 1. The molecule has 0 fully saturated rings. The molecule has 0 bridgehead atoms. The number of fused-ring (bicyclic) bond motifs is 1. The van der Waals surface area contributed by atoms with Gasteiger partial charge < -0.3 is 9.52 Å². The molecular weight excluding hydrogens is 212 g/mol. The molecule has 4 heteroatoms. The van der Waals surface area contributed by atoms with Gasteiger partial charge in [-0.1, -0.05) is 6.07 Å². The summed E-state index contributed by atoms with van der Waals surface area (Å²) < 4.78 is 5.32. The molecule has 0 radical (unpaired) electrons. The molecule has 0 saturated carbocycles. The lowest BCUT2D eigenvalue weighted by Gasteiger charge is -1.98. The van der Waals surface area contributed by atoms with Gasteiger partial charge in [0, 0.05) is 16.7 Å². The molecule has 15 heavy (non-hydrogen) atoms. The van der Waals surface area contributed by atoms with Crippen molar-refractivity contribution in [1.29, 1.82) is 0 Å². The lowest BCUT2D eigenvalue weighted by atomic mass is 10.1. The zero-order valence-electron chi connectivity index (χ0n) is 8.19. The SMILES string of the molecule is CSCc1coc2cccc(C(=O)O)c12. The lowest BCUT2D eigenvalue weighted by Crippen LogP contribution is -1.97. The molecule has 0 unspecified atom stereocenters. The maximum absolute atomic E-state index is 11.0. The molecule has 1 aromatic carbocycles. The van der Waals surface area contributed by atoms with Gasteiger partial charge in [-0.2, -0.15) is 11.8 Å². The van der Waals surface area contributed by atoms with Gasteiger partial charge in [0.2, 0.25) is 0 Å². The summed E-state index contributed by atoms with van der Waals surface area (Å²) in [4.78, 5) is 11.0. The van der Waals surface area contributed by atoms with Crippen LogP contribution in [-0.2, 0) is 5.75 Å². The number of carboxylic acids is 1. The highest BCUT2D eigenvalue weighted by Crippen LogP contribution is 2.27. The summed E-state index contributed by atoms with van der Waals surface area (Å²) in [6, 6.07) is 5.08. The monoisotopic (exact) mass is 222 g/mol. The molecule has 0 aliphatic heterocycles. The Labute approximate surface area is 91.1 Å². The second-order valence-electron chi connectivity index (χ2n) is 3.18. The summed E-state index contributed by atoms with van der Waals surface area (Å²) in [6.45, 7) is 0. The topological polar surface area (TPSA) is 50.4 Å². The quantitative estimate of drug-likeness (QED) is 0.867. The number of carbonyl (C=O) groups is 1. The Morgan fingerprint density at radius 1 is 1.53 bits per heavy atom. The van der Waals surface area contributed by atoms with E-state index in [1.165, 1.54) is 0 Å². The molecule has 0 aliphatic rings. The third kappa shape index (κ3) is 1.72. The molecule has 2 rings (SSSR count). The lowest BCUT2D eigenvalue weighted by molar-refractivity contribution is 0.0699. The summed E-state index contributed by atoms with van der Waals surface area (Å²) in [5.41, 5.74) is 1.89. The van der Waals surface area contributed by atoms with Gasteiger partial charge >= 0.3 is 5.97 Å². The summed E-state index contributed by atoms with van der Waals surface area (Å²) >= 11 is 1.64. The minimum Gasteiger partial charge on any atom is -0.478 e. The first-order chi connectivity index (χ1) is 7.24. The second kappa shape index (κ2) is 3.98. The number of aromatic carboxylic acids is 1. The van der Waals surface area contributed by atoms with Crippen LogP contribution < -0.4 is 0 Å². The molecule has 0 aliphatic carbocycles. The number of carboxylic acid groups (broad SMARTS) is 1. The Morgan fingerprint density at radius 2 is 2.33 bits per heavy atom. The number of benzene rings is 1. The fraction of sp³-hybridized carbons (Fsp3) is 0.182. The van der Waals surface area contributed by atoms with Crippen LogP contribution in [0.25, 0.3) is 11.0 Å². The van der Waals surface area contributed by atoms with E-state index in [0.29, 0.717) is 11.1 Å². The number of hydrogen-bond acceptors (Lipinski definition) is 3. The minimum atomic E-state index is -0.913. The zero-order chi connectivity index (χ0) is 10.8. The third-order valence-corrected chi connectivity index (χ3v) is 2.81. The van der Waals surface area contributed by atoms with E-state index in [0.717, 1.165) is 16.7 Å². The Balaban J connectivity index is 2.69. The Bertz CT molecular complexity index is 502. The van der Waals surface area contributed by atoms with Crippen molar-refractivity contribution in [2.45, 2.75) is 5.75 Å². The predicted octanol–water partition coefficient (Wildman–Crippen LogP) is 2.99. The van der Waals surface area contributed by atoms with Gasteiger partial charge in [-0.3, -0.25) is 0 Å². The summed E-state index contributed by atoms with van der Waals surface area (Å²) in [5, 5.41) is 9.77. The number of furan rings is 1. The van der Waals surface area contributed by atoms with Crippen LogP contribution in [0.5, 0.6) is 0 Å². The van der Waals surface area contributed by atoms with E-state index in [9.17, 15) is 4.79 Å². The molecule has 3 nitrogen and oxygen atoms in total. The van der Waals surface area contributed by atoms with Crippen LogP contribution in [0.4, 0.5) is 0 Å². The van der Waals surface area contributed by atoms with E-state index in [2.05, 4.69) is 0 Å². The Hall–Kier alpha value is -1.42. The van der Waals surface area contributed by atoms with E-state index in [4.69, 9.17) is 9.52 Å². The molecule has 2 aromatic rings. The molecule has 1 heterocycles. The normalized spacial score (nSPS) is 10.7. The highest BCUT2D eigenvalue weighted by Gasteiger charge is 2.14.